The fraction of sp³-hybridized carbons (Fsp3) is 0.100. The monoisotopic (exact) mass is 444 g/mol. The quantitative estimate of drug-likeness (QED) is 0.413. The highest BCUT2D eigenvalue weighted by Gasteiger charge is 2.15. The lowest BCUT2D eigenvalue weighted by molar-refractivity contribution is 0.583. The van der Waals surface area contributed by atoms with E-state index in [1.54, 1.807) is 23.5 Å². The Labute approximate surface area is 177 Å². The highest BCUT2D eigenvalue weighted by atomic mass is 35.5. The smallest absolute Gasteiger partial charge is 0.240 e. The first-order valence-corrected chi connectivity index (χ1v) is 11.6. The van der Waals surface area contributed by atoms with Crippen LogP contribution in [0, 0.1) is 0 Å². The van der Waals surface area contributed by atoms with Crippen LogP contribution in [0.25, 0.3) is 21.3 Å². The summed E-state index contributed by atoms with van der Waals surface area (Å²) in [6.07, 6.45) is 1.51. The van der Waals surface area contributed by atoms with Crippen molar-refractivity contribution in [2.45, 2.75) is 4.90 Å². The Balaban J connectivity index is 1.48. The predicted molar refractivity (Wildman–Crippen MR) is 118 cm³/mol. The molecule has 0 aliphatic rings. The first-order valence-electron chi connectivity index (χ1n) is 8.81. The fourth-order valence-electron chi connectivity index (χ4n) is 2.90. The van der Waals surface area contributed by atoms with Gasteiger partial charge in [0.25, 0.3) is 0 Å². The summed E-state index contributed by atoms with van der Waals surface area (Å²) < 4.78 is 27.3. The number of rotatable bonds is 7. The van der Waals surface area contributed by atoms with Crippen molar-refractivity contribution in [3.05, 3.63) is 71.3 Å². The second kappa shape index (κ2) is 8.46. The van der Waals surface area contributed by atoms with E-state index in [0.29, 0.717) is 17.4 Å². The SMILES string of the molecule is O=S(=O)(NCCNc1ncnc2scc(-c3ccccc3)c12)c1ccc(Cl)cc1. The van der Waals surface area contributed by atoms with Gasteiger partial charge in [0.05, 0.1) is 10.3 Å². The van der Waals surface area contributed by atoms with E-state index in [4.69, 9.17) is 11.6 Å². The zero-order chi connectivity index (χ0) is 20.3. The summed E-state index contributed by atoms with van der Waals surface area (Å²) in [6.45, 7) is 0.588. The summed E-state index contributed by atoms with van der Waals surface area (Å²) in [6, 6.07) is 16.1. The second-order valence-corrected chi connectivity index (χ2v) is 9.26. The van der Waals surface area contributed by atoms with Gasteiger partial charge in [0.1, 0.15) is 17.0 Å². The van der Waals surface area contributed by atoms with Gasteiger partial charge < -0.3 is 5.32 Å². The van der Waals surface area contributed by atoms with Crippen molar-refractivity contribution in [3.63, 3.8) is 0 Å². The van der Waals surface area contributed by atoms with Gasteiger partial charge in [0.2, 0.25) is 10.0 Å². The first kappa shape index (κ1) is 19.8. The number of nitrogens with one attached hydrogen (secondary N) is 2. The molecule has 2 heterocycles. The number of halogens is 1. The summed E-state index contributed by atoms with van der Waals surface area (Å²) >= 11 is 7.37. The molecule has 0 saturated carbocycles. The van der Waals surface area contributed by atoms with Crippen LogP contribution in [0.3, 0.4) is 0 Å². The van der Waals surface area contributed by atoms with Crippen molar-refractivity contribution in [2.75, 3.05) is 18.4 Å². The standard InChI is InChI=1S/C20H17ClN4O2S2/c21-15-6-8-16(9-7-15)29(26,27)25-11-10-22-19-18-17(14-4-2-1-3-5-14)12-28-20(18)24-13-23-19/h1-9,12-13,25H,10-11H2,(H,22,23,24). The number of hydrogen-bond donors (Lipinski definition) is 2. The maximum absolute atomic E-state index is 12.4. The maximum Gasteiger partial charge on any atom is 0.240 e. The van der Waals surface area contributed by atoms with Gasteiger partial charge in [-0.25, -0.2) is 23.1 Å². The van der Waals surface area contributed by atoms with Crippen LogP contribution in [-0.4, -0.2) is 31.5 Å². The molecule has 0 bridgehead atoms. The third kappa shape index (κ3) is 4.40. The zero-order valence-electron chi connectivity index (χ0n) is 15.2. The Morgan fingerprint density at radius 3 is 2.48 bits per heavy atom. The Morgan fingerprint density at radius 1 is 0.966 bits per heavy atom. The average Bonchev–Trinajstić information content (AvgIpc) is 3.17. The summed E-state index contributed by atoms with van der Waals surface area (Å²) in [5.41, 5.74) is 2.13. The molecule has 0 radical (unpaired) electrons. The molecule has 4 rings (SSSR count). The van der Waals surface area contributed by atoms with Crippen LogP contribution in [0.15, 0.2) is 71.2 Å². The molecule has 0 spiro atoms. The highest BCUT2D eigenvalue weighted by Crippen LogP contribution is 2.36. The van der Waals surface area contributed by atoms with Crippen molar-refractivity contribution in [1.29, 1.82) is 0 Å². The minimum atomic E-state index is -3.59. The number of sulfonamides is 1. The Morgan fingerprint density at radius 2 is 1.72 bits per heavy atom. The van der Waals surface area contributed by atoms with Gasteiger partial charge in [0, 0.05) is 29.1 Å². The molecule has 0 saturated heterocycles. The van der Waals surface area contributed by atoms with Crippen LogP contribution < -0.4 is 10.0 Å². The number of fused-ring (bicyclic) bond motifs is 1. The molecule has 2 aromatic heterocycles. The maximum atomic E-state index is 12.4. The van der Waals surface area contributed by atoms with Gasteiger partial charge in [-0.3, -0.25) is 0 Å². The predicted octanol–water partition coefficient (Wildman–Crippen LogP) is 4.40. The van der Waals surface area contributed by atoms with Gasteiger partial charge in [-0.1, -0.05) is 41.9 Å². The van der Waals surface area contributed by atoms with E-state index < -0.39 is 10.0 Å². The lowest BCUT2D eigenvalue weighted by Gasteiger charge is -2.10. The Bertz CT molecular complexity index is 1230. The molecule has 9 heteroatoms. The van der Waals surface area contributed by atoms with Crippen molar-refractivity contribution in [1.82, 2.24) is 14.7 Å². The van der Waals surface area contributed by atoms with Crippen LogP contribution >= 0.6 is 22.9 Å². The number of aromatic nitrogens is 2. The van der Waals surface area contributed by atoms with Gasteiger partial charge in [-0.2, -0.15) is 0 Å². The lowest BCUT2D eigenvalue weighted by atomic mass is 10.1. The highest BCUT2D eigenvalue weighted by molar-refractivity contribution is 7.89. The topological polar surface area (TPSA) is 84.0 Å². The molecule has 0 unspecified atom stereocenters. The van der Waals surface area contributed by atoms with Crippen molar-refractivity contribution in [2.24, 2.45) is 0 Å². The molecule has 0 atom stereocenters. The Hall–Kier alpha value is -2.52. The van der Waals surface area contributed by atoms with Crippen molar-refractivity contribution >= 4 is 49.0 Å². The number of thiophene rings is 1. The zero-order valence-corrected chi connectivity index (χ0v) is 17.6. The summed E-state index contributed by atoms with van der Waals surface area (Å²) in [5.74, 6) is 0.681. The van der Waals surface area contributed by atoms with E-state index in [-0.39, 0.29) is 11.4 Å². The van der Waals surface area contributed by atoms with E-state index in [2.05, 4.69) is 25.4 Å². The number of benzene rings is 2. The molecule has 148 valence electrons. The Kier molecular flexibility index (Phi) is 5.77. The number of hydrogen-bond acceptors (Lipinski definition) is 6. The average molecular weight is 445 g/mol. The van der Waals surface area contributed by atoms with E-state index in [1.807, 2.05) is 30.3 Å². The van der Waals surface area contributed by atoms with Gasteiger partial charge >= 0.3 is 0 Å². The molecule has 0 aliphatic heterocycles. The van der Waals surface area contributed by atoms with Crippen molar-refractivity contribution in [3.8, 4) is 11.1 Å². The molecule has 2 N–H and O–H groups in total. The van der Waals surface area contributed by atoms with Gasteiger partial charge in [0.15, 0.2) is 0 Å². The molecule has 0 aliphatic carbocycles. The third-order valence-corrected chi connectivity index (χ3v) is 6.90. The molecule has 0 amide bonds. The number of anilines is 1. The molecule has 4 aromatic rings. The fourth-order valence-corrected chi connectivity index (χ4v) is 4.98. The largest absolute Gasteiger partial charge is 0.368 e. The molecular weight excluding hydrogens is 428 g/mol. The van der Waals surface area contributed by atoms with Crippen LogP contribution in [0.4, 0.5) is 5.82 Å². The van der Waals surface area contributed by atoms with E-state index >= 15 is 0 Å². The van der Waals surface area contributed by atoms with Crippen molar-refractivity contribution < 1.29 is 8.42 Å². The second-order valence-electron chi connectivity index (χ2n) is 6.20. The molecule has 0 fully saturated rings. The number of nitrogens with zero attached hydrogens (tertiary/aromatic N) is 2. The van der Waals surface area contributed by atoms with Crippen LogP contribution in [-0.2, 0) is 10.0 Å². The molecular formula is C20H17ClN4O2S2. The van der Waals surface area contributed by atoms with E-state index in [0.717, 1.165) is 21.3 Å². The van der Waals surface area contributed by atoms with Crippen LogP contribution in [0.1, 0.15) is 0 Å². The molecule has 2 aromatic carbocycles. The minimum absolute atomic E-state index is 0.176. The summed E-state index contributed by atoms with van der Waals surface area (Å²) in [5, 5.41) is 6.71. The summed E-state index contributed by atoms with van der Waals surface area (Å²) in [7, 11) is -3.59. The lowest BCUT2D eigenvalue weighted by Crippen LogP contribution is -2.29. The van der Waals surface area contributed by atoms with E-state index in [1.165, 1.54) is 18.5 Å². The third-order valence-electron chi connectivity index (χ3n) is 4.29. The van der Waals surface area contributed by atoms with Gasteiger partial charge in [-0.05, 0) is 29.8 Å². The molecule has 6 nitrogen and oxygen atoms in total. The van der Waals surface area contributed by atoms with Crippen LogP contribution in [0.5, 0.6) is 0 Å². The van der Waals surface area contributed by atoms with E-state index in [9.17, 15) is 8.42 Å². The first-order chi connectivity index (χ1) is 14.0. The van der Waals surface area contributed by atoms with Crippen LogP contribution in [0.2, 0.25) is 5.02 Å². The summed E-state index contributed by atoms with van der Waals surface area (Å²) in [4.78, 5) is 9.76. The minimum Gasteiger partial charge on any atom is -0.368 e. The van der Waals surface area contributed by atoms with Gasteiger partial charge in [-0.15, -0.1) is 11.3 Å². The normalized spacial score (nSPS) is 11.6. The molecule has 29 heavy (non-hydrogen) atoms.